The van der Waals surface area contributed by atoms with Crippen LogP contribution in [0.2, 0.25) is 0 Å². The molecule has 1 aliphatic rings. The van der Waals surface area contributed by atoms with Gasteiger partial charge in [-0.3, -0.25) is 0 Å². The van der Waals surface area contributed by atoms with Gasteiger partial charge in [0.05, 0.1) is 25.9 Å². The molecule has 1 N–H and O–H groups in total. The summed E-state index contributed by atoms with van der Waals surface area (Å²) in [6.45, 7) is 0. The van der Waals surface area contributed by atoms with Crippen molar-refractivity contribution in [3.05, 3.63) is 52.8 Å². The minimum atomic E-state index is -1.19. The van der Waals surface area contributed by atoms with Crippen LogP contribution in [-0.4, -0.2) is 24.6 Å². The lowest BCUT2D eigenvalue weighted by Crippen LogP contribution is -2.31. The highest BCUT2D eigenvalue weighted by atomic mass is 35.5. The van der Waals surface area contributed by atoms with Crippen molar-refractivity contribution in [2.24, 2.45) is 5.16 Å². The van der Waals surface area contributed by atoms with E-state index < -0.39 is 5.41 Å². The smallest absolute Gasteiger partial charge is 0.171 e. The molecule has 0 saturated carbocycles. The molecule has 0 radical (unpaired) electrons. The van der Waals surface area contributed by atoms with Gasteiger partial charge >= 0.3 is 0 Å². The second kappa shape index (κ2) is 7.08. The summed E-state index contributed by atoms with van der Waals surface area (Å²) in [6.07, 6.45) is 3.38. The first kappa shape index (κ1) is 17.4. The Morgan fingerprint density at radius 2 is 2.04 bits per heavy atom. The molecule has 122 valence electrons. The van der Waals surface area contributed by atoms with E-state index in [2.05, 4.69) is 11.2 Å². The normalized spacial score (nSPS) is 20.3. The molecule has 1 aromatic carbocycles. The lowest BCUT2D eigenvalue weighted by atomic mass is 9.72. The van der Waals surface area contributed by atoms with Crippen LogP contribution in [0, 0.1) is 22.7 Å². The predicted octanol–water partition coefficient (Wildman–Crippen LogP) is 3.22. The Bertz CT molecular complexity index is 830. The zero-order valence-corrected chi connectivity index (χ0v) is 13.8. The molecule has 1 atom stereocenters. The minimum absolute atomic E-state index is 0.102. The number of nitriles is 2. The van der Waals surface area contributed by atoms with Gasteiger partial charge < -0.3 is 14.7 Å². The van der Waals surface area contributed by atoms with Crippen LogP contribution in [0.4, 0.5) is 0 Å². The van der Waals surface area contributed by atoms with Crippen molar-refractivity contribution >= 4 is 16.8 Å². The summed E-state index contributed by atoms with van der Waals surface area (Å²) in [7, 11) is 2.93. The fraction of sp³-hybridized carbons (Fsp3) is 0.235. The molecule has 0 amide bonds. The van der Waals surface area contributed by atoms with Gasteiger partial charge in [-0.15, -0.1) is 0 Å². The second-order valence-corrected chi connectivity index (χ2v) is 5.40. The molecule has 0 fully saturated rings. The van der Waals surface area contributed by atoms with E-state index in [4.69, 9.17) is 26.3 Å². The summed E-state index contributed by atoms with van der Waals surface area (Å²) in [5.74, 6) is 0.823. The van der Waals surface area contributed by atoms with Crippen LogP contribution < -0.4 is 4.74 Å². The van der Waals surface area contributed by atoms with Gasteiger partial charge in [-0.25, -0.2) is 0 Å². The number of allylic oxidation sites excluding steroid dienone is 4. The number of nitrogens with zero attached hydrogens (tertiary/aromatic N) is 3. The quantitative estimate of drug-likeness (QED) is 0.514. The third-order valence-electron chi connectivity index (χ3n) is 3.89. The van der Waals surface area contributed by atoms with Gasteiger partial charge in [-0.2, -0.15) is 10.5 Å². The van der Waals surface area contributed by atoms with Gasteiger partial charge in [0.25, 0.3) is 0 Å². The van der Waals surface area contributed by atoms with Crippen LogP contribution >= 0.6 is 11.6 Å². The van der Waals surface area contributed by atoms with Crippen LogP contribution in [0.1, 0.15) is 17.5 Å². The molecule has 1 unspecified atom stereocenters. The maximum absolute atomic E-state index is 9.90. The molecule has 0 saturated heterocycles. The van der Waals surface area contributed by atoms with E-state index >= 15 is 0 Å². The highest BCUT2D eigenvalue weighted by molar-refractivity contribution is 6.69. The zero-order valence-electron chi connectivity index (χ0n) is 13.1. The number of hydrogen-bond acceptors (Lipinski definition) is 6. The highest BCUT2D eigenvalue weighted by Crippen LogP contribution is 2.42. The largest absolute Gasteiger partial charge is 0.499 e. The van der Waals surface area contributed by atoms with Crippen LogP contribution in [0.15, 0.2) is 46.8 Å². The third-order valence-corrected chi connectivity index (χ3v) is 4.21. The Morgan fingerprint density at radius 3 is 2.58 bits per heavy atom. The van der Waals surface area contributed by atoms with Gasteiger partial charge in [0.15, 0.2) is 5.17 Å². The Kier molecular flexibility index (Phi) is 5.13. The number of benzene rings is 1. The van der Waals surface area contributed by atoms with Crippen molar-refractivity contribution < 1.29 is 14.7 Å². The fourth-order valence-corrected chi connectivity index (χ4v) is 2.79. The minimum Gasteiger partial charge on any atom is -0.499 e. The number of ether oxygens (including phenoxy) is 2. The molecule has 0 aromatic heterocycles. The lowest BCUT2D eigenvalue weighted by Gasteiger charge is -2.32. The standard InChI is InChI=1S/C17H14ClN3O3/c1-23-14-5-4-13(7-12(14)9-19)17(10-20)8-11(16(18)21-22)3-6-15(17)24-2/h3-7,22H,8H2,1-2H3. The van der Waals surface area contributed by atoms with Gasteiger partial charge in [0, 0.05) is 6.42 Å². The van der Waals surface area contributed by atoms with Gasteiger partial charge in [-0.1, -0.05) is 28.9 Å². The van der Waals surface area contributed by atoms with Gasteiger partial charge in [-0.05, 0) is 29.3 Å². The van der Waals surface area contributed by atoms with Crippen LogP contribution in [-0.2, 0) is 10.2 Å². The highest BCUT2D eigenvalue weighted by Gasteiger charge is 2.42. The molecule has 0 spiro atoms. The van der Waals surface area contributed by atoms with Crippen molar-refractivity contribution in [3.63, 3.8) is 0 Å². The topological polar surface area (TPSA) is 98.6 Å². The van der Waals surface area contributed by atoms with E-state index in [-0.39, 0.29) is 11.6 Å². The Hall–Kier alpha value is -2.96. The fourth-order valence-electron chi connectivity index (χ4n) is 2.66. The zero-order chi connectivity index (χ0) is 17.7. The summed E-state index contributed by atoms with van der Waals surface area (Å²) in [4.78, 5) is 0. The summed E-state index contributed by atoms with van der Waals surface area (Å²) < 4.78 is 10.5. The Labute approximate surface area is 144 Å². The van der Waals surface area contributed by atoms with Gasteiger partial charge in [0.1, 0.15) is 23.0 Å². The maximum Gasteiger partial charge on any atom is 0.171 e. The number of halogens is 1. The molecule has 1 aliphatic carbocycles. The Balaban J connectivity index is 2.64. The van der Waals surface area contributed by atoms with Crippen LogP contribution in [0.5, 0.6) is 5.75 Å². The van der Waals surface area contributed by atoms with E-state index in [0.717, 1.165) is 0 Å². The second-order valence-electron chi connectivity index (χ2n) is 5.04. The summed E-state index contributed by atoms with van der Waals surface area (Å²) in [5.41, 5.74) is 0.152. The number of hydrogen-bond donors (Lipinski definition) is 1. The summed E-state index contributed by atoms with van der Waals surface area (Å²) >= 11 is 5.89. The predicted molar refractivity (Wildman–Crippen MR) is 87.9 cm³/mol. The van der Waals surface area contributed by atoms with Crippen molar-refractivity contribution in [1.29, 1.82) is 10.5 Å². The first-order valence-corrected chi connectivity index (χ1v) is 7.27. The molecule has 7 heteroatoms. The maximum atomic E-state index is 9.90. The molecule has 24 heavy (non-hydrogen) atoms. The average Bonchev–Trinajstić information content (AvgIpc) is 2.65. The van der Waals surface area contributed by atoms with E-state index in [1.165, 1.54) is 14.2 Å². The molecular formula is C17H14ClN3O3. The van der Waals surface area contributed by atoms with Crippen LogP contribution in [0.25, 0.3) is 0 Å². The van der Waals surface area contributed by atoms with E-state index in [9.17, 15) is 10.5 Å². The van der Waals surface area contributed by atoms with Crippen molar-refractivity contribution in [3.8, 4) is 17.9 Å². The molecule has 1 aromatic rings. The number of oxime groups is 1. The molecule has 0 bridgehead atoms. The average molecular weight is 344 g/mol. The first-order valence-electron chi connectivity index (χ1n) is 6.89. The number of rotatable bonds is 4. The number of methoxy groups -OCH3 is 2. The van der Waals surface area contributed by atoms with Crippen molar-refractivity contribution in [1.82, 2.24) is 0 Å². The first-order chi connectivity index (χ1) is 11.6. The summed E-state index contributed by atoms with van der Waals surface area (Å²) in [5, 5.41) is 31.0. The Morgan fingerprint density at radius 1 is 1.29 bits per heavy atom. The molecule has 2 rings (SSSR count). The monoisotopic (exact) mass is 343 g/mol. The lowest BCUT2D eigenvalue weighted by molar-refractivity contribution is 0.239. The van der Waals surface area contributed by atoms with E-state index in [1.54, 1.807) is 30.4 Å². The summed E-state index contributed by atoms with van der Waals surface area (Å²) in [6, 6.07) is 9.21. The van der Waals surface area contributed by atoms with Gasteiger partial charge in [0.2, 0.25) is 0 Å². The molecule has 0 aliphatic heterocycles. The van der Waals surface area contributed by atoms with Crippen molar-refractivity contribution in [2.45, 2.75) is 11.8 Å². The SMILES string of the molecule is COC1=CC=C(C(Cl)=NO)CC1(C#N)c1ccc(OC)c(C#N)c1. The van der Waals surface area contributed by atoms with Crippen LogP contribution in [0.3, 0.4) is 0 Å². The molecule has 6 nitrogen and oxygen atoms in total. The molecule has 0 heterocycles. The molecular weight excluding hydrogens is 330 g/mol. The van der Waals surface area contributed by atoms with E-state index in [1.807, 2.05) is 6.07 Å². The third kappa shape index (κ3) is 2.80. The van der Waals surface area contributed by atoms with Crippen molar-refractivity contribution in [2.75, 3.05) is 14.2 Å². The van der Waals surface area contributed by atoms with E-state index in [0.29, 0.717) is 28.2 Å².